The molecule has 0 fully saturated rings. The van der Waals surface area contributed by atoms with Gasteiger partial charge < -0.3 is 15.2 Å². The molecule has 0 unspecified atom stereocenters. The summed E-state index contributed by atoms with van der Waals surface area (Å²) in [5.74, 6) is 2.80. The van der Waals surface area contributed by atoms with Crippen LogP contribution in [0.5, 0.6) is 0 Å². The Morgan fingerprint density at radius 3 is 2.89 bits per heavy atom. The van der Waals surface area contributed by atoms with E-state index in [1.807, 2.05) is 28.8 Å². The van der Waals surface area contributed by atoms with E-state index in [4.69, 9.17) is 0 Å². The largest absolute Gasteiger partial charge is 0.357 e. The zero-order chi connectivity index (χ0) is 18.9. The van der Waals surface area contributed by atoms with Crippen molar-refractivity contribution in [1.29, 1.82) is 0 Å². The predicted octanol–water partition coefficient (Wildman–Crippen LogP) is 1.07. The maximum absolute atomic E-state index is 4.65. The van der Waals surface area contributed by atoms with Gasteiger partial charge in [0.25, 0.3) is 0 Å². The van der Waals surface area contributed by atoms with Gasteiger partial charge in [-0.05, 0) is 25.5 Å². The average Bonchev–Trinajstić information content (AvgIpc) is 3.32. The van der Waals surface area contributed by atoms with Crippen LogP contribution >= 0.6 is 0 Å². The predicted molar refractivity (Wildman–Crippen MR) is 105 cm³/mol. The number of rotatable bonds is 9. The molecular formula is C18H27N9. The van der Waals surface area contributed by atoms with Gasteiger partial charge >= 0.3 is 0 Å². The molecule has 0 spiro atoms. The highest BCUT2D eigenvalue weighted by Crippen LogP contribution is 2.05. The zero-order valence-electron chi connectivity index (χ0n) is 16.0. The summed E-state index contributed by atoms with van der Waals surface area (Å²) in [4.78, 5) is 4.65. The second-order valence-corrected chi connectivity index (χ2v) is 6.13. The summed E-state index contributed by atoms with van der Waals surface area (Å²) in [6.45, 7) is 7.28. The van der Waals surface area contributed by atoms with Crippen molar-refractivity contribution in [2.75, 3.05) is 19.6 Å². The van der Waals surface area contributed by atoms with Crippen LogP contribution in [0.1, 0.15) is 31.9 Å². The van der Waals surface area contributed by atoms with Gasteiger partial charge in [0.15, 0.2) is 11.6 Å². The second kappa shape index (κ2) is 9.65. The fourth-order valence-electron chi connectivity index (χ4n) is 2.87. The molecule has 3 rings (SSSR count). The van der Waals surface area contributed by atoms with Crippen LogP contribution in [0.4, 0.5) is 0 Å². The molecule has 0 bridgehead atoms. The fraction of sp³-hybridized carbons (Fsp3) is 0.500. The Hall–Kier alpha value is -2.97. The fourth-order valence-corrected chi connectivity index (χ4v) is 2.87. The van der Waals surface area contributed by atoms with Gasteiger partial charge in [0.1, 0.15) is 18.0 Å². The van der Waals surface area contributed by atoms with Crippen molar-refractivity contribution < 1.29 is 0 Å². The lowest BCUT2D eigenvalue weighted by Crippen LogP contribution is -2.39. The molecule has 27 heavy (non-hydrogen) atoms. The van der Waals surface area contributed by atoms with Crippen LogP contribution in [0, 0.1) is 0 Å². The molecule has 3 aromatic rings. The van der Waals surface area contributed by atoms with E-state index < -0.39 is 0 Å². The molecule has 0 aliphatic carbocycles. The first-order valence-corrected chi connectivity index (χ1v) is 9.49. The van der Waals surface area contributed by atoms with E-state index in [-0.39, 0.29) is 0 Å². The summed E-state index contributed by atoms with van der Waals surface area (Å²) in [5.41, 5.74) is 0.881. The summed E-state index contributed by atoms with van der Waals surface area (Å²) in [6, 6.07) is 5.92. The highest BCUT2D eigenvalue weighted by atomic mass is 15.3. The van der Waals surface area contributed by atoms with Crippen LogP contribution in [0.15, 0.2) is 35.7 Å². The Morgan fingerprint density at radius 1 is 1.11 bits per heavy atom. The minimum atomic E-state index is 0.726. The van der Waals surface area contributed by atoms with Crippen molar-refractivity contribution in [3.8, 4) is 0 Å². The number of nitrogens with one attached hydrogen (secondary N) is 2. The van der Waals surface area contributed by atoms with Gasteiger partial charge in [-0.3, -0.25) is 9.39 Å². The molecule has 0 amide bonds. The normalized spacial score (nSPS) is 11.9. The smallest absolute Gasteiger partial charge is 0.191 e. The Kier molecular flexibility index (Phi) is 6.72. The van der Waals surface area contributed by atoms with E-state index in [2.05, 4.69) is 54.4 Å². The molecule has 9 heteroatoms. The summed E-state index contributed by atoms with van der Waals surface area (Å²) >= 11 is 0. The minimum absolute atomic E-state index is 0.726. The van der Waals surface area contributed by atoms with Crippen LogP contribution in [-0.4, -0.2) is 55.0 Å². The van der Waals surface area contributed by atoms with Crippen molar-refractivity contribution in [3.63, 3.8) is 0 Å². The molecule has 0 atom stereocenters. The molecule has 0 aliphatic heterocycles. The van der Waals surface area contributed by atoms with E-state index in [1.54, 1.807) is 6.33 Å². The number of hydrogen-bond acceptors (Lipinski definition) is 5. The van der Waals surface area contributed by atoms with E-state index in [0.717, 1.165) is 68.7 Å². The summed E-state index contributed by atoms with van der Waals surface area (Å²) in [6.07, 6.45) is 6.40. The average molecular weight is 369 g/mol. The number of hydrogen-bond donors (Lipinski definition) is 2. The monoisotopic (exact) mass is 369 g/mol. The van der Waals surface area contributed by atoms with E-state index in [1.165, 1.54) is 0 Å². The number of nitrogens with zero attached hydrogens (tertiary/aromatic N) is 7. The first-order chi connectivity index (χ1) is 13.3. The standard InChI is InChI=1S/C18H27N9/c1-3-15-23-22-14-26(15)13-11-21-18(19-4-2)20-10-7-9-17-25-24-16-8-5-6-12-27(16)17/h5-6,8,12,14H,3-4,7,9-11,13H2,1-2H3,(H2,19,20,21). The Morgan fingerprint density at radius 2 is 2.04 bits per heavy atom. The number of fused-ring (bicyclic) bond motifs is 1. The van der Waals surface area contributed by atoms with Crippen molar-refractivity contribution in [2.45, 2.75) is 39.7 Å². The second-order valence-electron chi connectivity index (χ2n) is 6.13. The number of aliphatic imine (C=N–C) groups is 1. The van der Waals surface area contributed by atoms with Crippen molar-refractivity contribution >= 4 is 11.6 Å². The third-order valence-corrected chi connectivity index (χ3v) is 4.21. The van der Waals surface area contributed by atoms with Gasteiger partial charge in [0.2, 0.25) is 0 Å². The molecule has 0 aromatic carbocycles. The van der Waals surface area contributed by atoms with Gasteiger partial charge in [0.05, 0.1) is 0 Å². The van der Waals surface area contributed by atoms with Crippen LogP contribution in [0.2, 0.25) is 0 Å². The third kappa shape index (κ3) is 5.02. The van der Waals surface area contributed by atoms with Gasteiger partial charge in [-0.25, -0.2) is 0 Å². The number of aromatic nitrogens is 6. The lowest BCUT2D eigenvalue weighted by atomic mass is 10.3. The maximum Gasteiger partial charge on any atom is 0.191 e. The Bertz CT molecular complexity index is 864. The Balaban J connectivity index is 1.47. The van der Waals surface area contributed by atoms with Gasteiger partial charge in [-0.1, -0.05) is 13.0 Å². The highest BCUT2D eigenvalue weighted by molar-refractivity contribution is 5.79. The molecule has 0 saturated heterocycles. The zero-order valence-corrected chi connectivity index (χ0v) is 16.0. The van der Waals surface area contributed by atoms with E-state index >= 15 is 0 Å². The molecule has 0 saturated carbocycles. The first kappa shape index (κ1) is 18.8. The number of aryl methyl sites for hydroxylation is 2. The van der Waals surface area contributed by atoms with Gasteiger partial charge in [-0.15, -0.1) is 20.4 Å². The third-order valence-electron chi connectivity index (χ3n) is 4.21. The molecule has 3 aromatic heterocycles. The molecular weight excluding hydrogens is 342 g/mol. The Labute approximate surface area is 158 Å². The lowest BCUT2D eigenvalue weighted by Gasteiger charge is -2.12. The van der Waals surface area contributed by atoms with Gasteiger partial charge in [0, 0.05) is 45.2 Å². The van der Waals surface area contributed by atoms with Crippen LogP contribution in [0.25, 0.3) is 5.65 Å². The molecule has 0 aliphatic rings. The molecule has 144 valence electrons. The molecule has 9 nitrogen and oxygen atoms in total. The number of pyridine rings is 1. The summed E-state index contributed by atoms with van der Waals surface area (Å²) in [5, 5.41) is 23.1. The van der Waals surface area contributed by atoms with Crippen LogP contribution in [0.3, 0.4) is 0 Å². The van der Waals surface area contributed by atoms with Crippen molar-refractivity contribution in [2.24, 2.45) is 4.99 Å². The van der Waals surface area contributed by atoms with Crippen molar-refractivity contribution in [3.05, 3.63) is 42.4 Å². The summed E-state index contributed by atoms with van der Waals surface area (Å²) < 4.78 is 4.09. The SMILES string of the molecule is CCNC(=NCCCc1nnc2ccccn12)NCCn1cnnc1CC. The first-order valence-electron chi connectivity index (χ1n) is 9.49. The van der Waals surface area contributed by atoms with E-state index in [9.17, 15) is 0 Å². The van der Waals surface area contributed by atoms with Crippen LogP contribution in [-0.2, 0) is 19.4 Å². The maximum atomic E-state index is 4.65. The highest BCUT2D eigenvalue weighted by Gasteiger charge is 2.05. The van der Waals surface area contributed by atoms with Crippen LogP contribution < -0.4 is 10.6 Å². The molecule has 3 heterocycles. The molecule has 2 N–H and O–H groups in total. The summed E-state index contributed by atoms with van der Waals surface area (Å²) in [7, 11) is 0. The van der Waals surface area contributed by atoms with Crippen molar-refractivity contribution in [1.82, 2.24) is 40.0 Å². The topological polar surface area (TPSA) is 97.3 Å². The minimum Gasteiger partial charge on any atom is -0.357 e. The van der Waals surface area contributed by atoms with Gasteiger partial charge in [-0.2, -0.15) is 0 Å². The van der Waals surface area contributed by atoms with E-state index in [0.29, 0.717) is 0 Å². The quantitative estimate of drug-likeness (QED) is 0.333. The molecule has 0 radical (unpaired) electrons. The number of guanidine groups is 1. The lowest BCUT2D eigenvalue weighted by molar-refractivity contribution is 0.632.